The topological polar surface area (TPSA) is 64.9 Å². The van der Waals surface area contributed by atoms with Crippen LogP contribution >= 0.6 is 0 Å². The van der Waals surface area contributed by atoms with Crippen molar-refractivity contribution in [1.29, 1.82) is 0 Å². The van der Waals surface area contributed by atoms with Crippen molar-refractivity contribution in [3.8, 4) is 11.4 Å². The number of aromatic nitrogens is 2. The van der Waals surface area contributed by atoms with Crippen LogP contribution in [0.2, 0.25) is 0 Å². The van der Waals surface area contributed by atoms with Crippen LogP contribution in [0.1, 0.15) is 17.5 Å². The molecule has 4 nitrogen and oxygen atoms in total. The molecule has 0 spiro atoms. The summed E-state index contributed by atoms with van der Waals surface area (Å²) in [6, 6.07) is 14.9. The molecule has 0 aliphatic heterocycles. The molecule has 0 aliphatic rings. The molecule has 0 amide bonds. The Morgan fingerprint density at radius 2 is 1.70 bits per heavy atom. The smallest absolute Gasteiger partial charge is 0.248 e. The summed E-state index contributed by atoms with van der Waals surface area (Å²) >= 11 is 0. The lowest BCUT2D eigenvalue weighted by molar-refractivity contribution is 0.367. The second-order valence-electron chi connectivity index (χ2n) is 4.35. The van der Waals surface area contributed by atoms with Crippen LogP contribution in [0.5, 0.6) is 0 Å². The molecule has 2 N–H and O–H groups in total. The molecule has 3 rings (SSSR count). The van der Waals surface area contributed by atoms with Gasteiger partial charge in [-0.2, -0.15) is 4.98 Å². The highest BCUT2D eigenvalue weighted by atomic mass is 19.1. The molecule has 1 aromatic heterocycles. The van der Waals surface area contributed by atoms with Gasteiger partial charge in [0.1, 0.15) is 11.9 Å². The van der Waals surface area contributed by atoms with E-state index in [0.29, 0.717) is 17.3 Å². The second kappa shape index (κ2) is 5.22. The molecule has 1 heterocycles. The van der Waals surface area contributed by atoms with Gasteiger partial charge in [-0.1, -0.05) is 35.5 Å². The molecular weight excluding hydrogens is 257 g/mol. The minimum Gasteiger partial charge on any atom is -0.337 e. The Hall–Kier alpha value is -2.53. The van der Waals surface area contributed by atoms with Gasteiger partial charge in [0.2, 0.25) is 11.7 Å². The third-order valence-electron chi connectivity index (χ3n) is 2.97. The Labute approximate surface area is 115 Å². The summed E-state index contributed by atoms with van der Waals surface area (Å²) in [6.07, 6.45) is 0. The fraction of sp³-hybridized carbons (Fsp3) is 0.0667. The van der Waals surface area contributed by atoms with E-state index < -0.39 is 6.04 Å². The van der Waals surface area contributed by atoms with Gasteiger partial charge in [-0.3, -0.25) is 0 Å². The van der Waals surface area contributed by atoms with Gasteiger partial charge in [0.05, 0.1) is 0 Å². The second-order valence-corrected chi connectivity index (χ2v) is 4.35. The highest BCUT2D eigenvalue weighted by Crippen LogP contribution is 2.21. The molecule has 100 valence electrons. The zero-order chi connectivity index (χ0) is 13.9. The lowest BCUT2D eigenvalue weighted by Gasteiger charge is -2.05. The normalized spacial score (nSPS) is 12.3. The molecule has 0 radical (unpaired) electrons. The average Bonchev–Trinajstić information content (AvgIpc) is 2.98. The van der Waals surface area contributed by atoms with E-state index in [1.807, 2.05) is 30.3 Å². The minimum atomic E-state index is -0.474. The summed E-state index contributed by atoms with van der Waals surface area (Å²) in [5.74, 6) is 0.417. The first-order chi connectivity index (χ1) is 9.74. The van der Waals surface area contributed by atoms with Gasteiger partial charge in [0.15, 0.2) is 0 Å². The summed E-state index contributed by atoms with van der Waals surface area (Å²) in [6.45, 7) is 0. The monoisotopic (exact) mass is 269 g/mol. The molecule has 0 aliphatic carbocycles. The van der Waals surface area contributed by atoms with E-state index in [0.717, 1.165) is 5.56 Å². The molecule has 0 saturated carbocycles. The van der Waals surface area contributed by atoms with Gasteiger partial charge in [0.25, 0.3) is 0 Å². The number of halogens is 1. The fourth-order valence-electron chi connectivity index (χ4n) is 1.88. The summed E-state index contributed by atoms with van der Waals surface area (Å²) in [7, 11) is 0. The number of rotatable bonds is 3. The molecule has 3 aromatic rings. The highest BCUT2D eigenvalue weighted by molar-refractivity contribution is 5.53. The maximum absolute atomic E-state index is 12.9. The molecule has 20 heavy (non-hydrogen) atoms. The Balaban J connectivity index is 1.89. The van der Waals surface area contributed by atoms with Crippen molar-refractivity contribution in [3.05, 3.63) is 71.9 Å². The van der Waals surface area contributed by atoms with E-state index in [1.54, 1.807) is 12.1 Å². The van der Waals surface area contributed by atoms with E-state index >= 15 is 0 Å². The van der Waals surface area contributed by atoms with Crippen LogP contribution in [0, 0.1) is 5.82 Å². The lowest BCUT2D eigenvalue weighted by atomic mass is 10.1. The van der Waals surface area contributed by atoms with Crippen LogP contribution in [0.3, 0.4) is 0 Å². The van der Waals surface area contributed by atoms with Crippen molar-refractivity contribution in [1.82, 2.24) is 10.1 Å². The highest BCUT2D eigenvalue weighted by Gasteiger charge is 2.17. The molecule has 0 unspecified atom stereocenters. The van der Waals surface area contributed by atoms with E-state index in [1.165, 1.54) is 12.1 Å². The van der Waals surface area contributed by atoms with Gasteiger partial charge in [0, 0.05) is 5.56 Å². The molecule has 1 atom stereocenters. The fourth-order valence-corrected chi connectivity index (χ4v) is 1.88. The lowest BCUT2D eigenvalue weighted by Crippen LogP contribution is -2.11. The Morgan fingerprint density at radius 1 is 1.00 bits per heavy atom. The van der Waals surface area contributed by atoms with Gasteiger partial charge in [-0.15, -0.1) is 0 Å². The number of nitrogens with zero attached hydrogens (tertiary/aromatic N) is 2. The molecule has 0 fully saturated rings. The number of hydrogen-bond acceptors (Lipinski definition) is 4. The maximum atomic E-state index is 12.9. The predicted octanol–water partition coefficient (Wildman–Crippen LogP) is 2.92. The van der Waals surface area contributed by atoms with Gasteiger partial charge < -0.3 is 10.3 Å². The van der Waals surface area contributed by atoms with E-state index in [4.69, 9.17) is 10.3 Å². The molecule has 0 bridgehead atoms. The summed E-state index contributed by atoms with van der Waals surface area (Å²) in [4.78, 5) is 4.26. The third-order valence-corrected chi connectivity index (χ3v) is 2.97. The average molecular weight is 269 g/mol. The van der Waals surface area contributed by atoms with E-state index in [2.05, 4.69) is 10.1 Å². The number of nitrogens with two attached hydrogens (primary N) is 1. The Kier molecular flexibility index (Phi) is 3.26. The SMILES string of the molecule is N[C@H](c1ccccc1)c1nc(-c2ccc(F)cc2)no1. The van der Waals surface area contributed by atoms with Crippen LogP contribution < -0.4 is 5.73 Å². The summed E-state index contributed by atoms with van der Waals surface area (Å²) in [5, 5.41) is 3.87. The maximum Gasteiger partial charge on any atom is 0.248 e. The Morgan fingerprint density at radius 3 is 2.40 bits per heavy atom. The quantitative estimate of drug-likeness (QED) is 0.794. The summed E-state index contributed by atoms with van der Waals surface area (Å²) in [5.41, 5.74) is 7.65. The van der Waals surface area contributed by atoms with Crippen molar-refractivity contribution in [2.24, 2.45) is 5.73 Å². The van der Waals surface area contributed by atoms with Gasteiger partial charge in [-0.05, 0) is 29.8 Å². The van der Waals surface area contributed by atoms with Gasteiger partial charge >= 0.3 is 0 Å². The minimum absolute atomic E-state index is 0.307. The first-order valence-corrected chi connectivity index (χ1v) is 6.14. The standard InChI is InChI=1S/C15H12FN3O/c16-12-8-6-11(7-9-12)14-18-15(20-19-14)13(17)10-4-2-1-3-5-10/h1-9,13H,17H2/t13-/m1/s1. The van der Waals surface area contributed by atoms with Crippen molar-refractivity contribution < 1.29 is 8.91 Å². The molecular formula is C15H12FN3O. The zero-order valence-electron chi connectivity index (χ0n) is 10.5. The van der Waals surface area contributed by atoms with E-state index in [9.17, 15) is 4.39 Å². The van der Waals surface area contributed by atoms with Crippen LogP contribution in [-0.2, 0) is 0 Å². The van der Waals surface area contributed by atoms with Crippen LogP contribution in [0.4, 0.5) is 4.39 Å². The Bertz CT molecular complexity index is 695. The van der Waals surface area contributed by atoms with E-state index in [-0.39, 0.29) is 5.82 Å². The third kappa shape index (κ3) is 2.44. The van der Waals surface area contributed by atoms with Crippen molar-refractivity contribution in [3.63, 3.8) is 0 Å². The largest absolute Gasteiger partial charge is 0.337 e. The first-order valence-electron chi connectivity index (χ1n) is 6.14. The number of benzene rings is 2. The zero-order valence-corrected chi connectivity index (χ0v) is 10.5. The molecule has 5 heteroatoms. The number of hydrogen-bond donors (Lipinski definition) is 1. The molecule has 2 aromatic carbocycles. The van der Waals surface area contributed by atoms with Crippen LogP contribution in [0.25, 0.3) is 11.4 Å². The van der Waals surface area contributed by atoms with Gasteiger partial charge in [-0.25, -0.2) is 4.39 Å². The molecule has 0 saturated heterocycles. The van der Waals surface area contributed by atoms with Crippen LogP contribution in [-0.4, -0.2) is 10.1 Å². The van der Waals surface area contributed by atoms with Crippen molar-refractivity contribution in [2.45, 2.75) is 6.04 Å². The van der Waals surface area contributed by atoms with Crippen LogP contribution in [0.15, 0.2) is 59.1 Å². The summed E-state index contributed by atoms with van der Waals surface area (Å²) < 4.78 is 18.1. The first kappa shape index (κ1) is 12.5. The van der Waals surface area contributed by atoms with Crippen molar-refractivity contribution in [2.75, 3.05) is 0 Å². The van der Waals surface area contributed by atoms with Crippen molar-refractivity contribution >= 4 is 0 Å². The predicted molar refractivity (Wildman–Crippen MR) is 72.2 cm³/mol.